The summed E-state index contributed by atoms with van der Waals surface area (Å²) in [6, 6.07) is 6.92. The fourth-order valence-corrected chi connectivity index (χ4v) is 1.98. The van der Waals surface area contributed by atoms with Gasteiger partial charge in [0.2, 0.25) is 0 Å². The number of carbonyl (C=O) groups excluding carboxylic acids is 1. The Labute approximate surface area is 119 Å². The summed E-state index contributed by atoms with van der Waals surface area (Å²) in [4.78, 5) is 22.6. The summed E-state index contributed by atoms with van der Waals surface area (Å²) >= 11 is 0. The second-order valence-corrected chi connectivity index (χ2v) is 4.71. The van der Waals surface area contributed by atoms with E-state index in [4.69, 9.17) is 5.11 Å². The van der Waals surface area contributed by atoms with Crippen molar-refractivity contribution in [3.63, 3.8) is 0 Å². The number of carboxylic acid groups (broad SMARTS) is 1. The van der Waals surface area contributed by atoms with Gasteiger partial charge < -0.3 is 15.7 Å². The summed E-state index contributed by atoms with van der Waals surface area (Å²) in [6.45, 7) is 3.93. The molecule has 5 nitrogen and oxygen atoms in total. The SMILES string of the molecule is CCCc1ccccc1NC(=O)NC(CC)CC(=O)O. The molecule has 1 unspecified atom stereocenters. The van der Waals surface area contributed by atoms with Crippen molar-refractivity contribution < 1.29 is 14.7 Å². The first-order chi connectivity index (χ1) is 9.56. The van der Waals surface area contributed by atoms with Gasteiger partial charge in [-0.3, -0.25) is 4.79 Å². The number of amides is 2. The number of aliphatic carboxylic acids is 1. The lowest BCUT2D eigenvalue weighted by molar-refractivity contribution is -0.137. The second kappa shape index (κ2) is 8.19. The quantitative estimate of drug-likeness (QED) is 0.717. The number of aryl methyl sites for hydroxylation is 1. The van der Waals surface area contributed by atoms with Gasteiger partial charge in [0.05, 0.1) is 6.42 Å². The van der Waals surface area contributed by atoms with Crippen molar-refractivity contribution in [3.05, 3.63) is 29.8 Å². The molecule has 1 atom stereocenters. The van der Waals surface area contributed by atoms with Crippen LogP contribution in [-0.4, -0.2) is 23.1 Å². The molecule has 0 radical (unpaired) electrons. The number of para-hydroxylation sites is 1. The van der Waals surface area contributed by atoms with Gasteiger partial charge in [-0.05, 0) is 24.5 Å². The highest BCUT2D eigenvalue weighted by Gasteiger charge is 2.14. The minimum atomic E-state index is -0.913. The van der Waals surface area contributed by atoms with E-state index in [1.165, 1.54) is 0 Å². The smallest absolute Gasteiger partial charge is 0.319 e. The first-order valence-corrected chi connectivity index (χ1v) is 6.94. The molecule has 20 heavy (non-hydrogen) atoms. The topological polar surface area (TPSA) is 78.4 Å². The molecule has 110 valence electrons. The first-order valence-electron chi connectivity index (χ1n) is 6.94. The maximum Gasteiger partial charge on any atom is 0.319 e. The molecule has 0 bridgehead atoms. The highest BCUT2D eigenvalue weighted by atomic mass is 16.4. The maximum atomic E-state index is 11.9. The van der Waals surface area contributed by atoms with E-state index in [9.17, 15) is 9.59 Å². The molecule has 1 aromatic rings. The van der Waals surface area contributed by atoms with Gasteiger partial charge in [0, 0.05) is 11.7 Å². The molecule has 2 amide bonds. The fraction of sp³-hybridized carbons (Fsp3) is 0.467. The highest BCUT2D eigenvalue weighted by molar-refractivity contribution is 5.90. The van der Waals surface area contributed by atoms with Crippen molar-refractivity contribution in [1.82, 2.24) is 5.32 Å². The molecule has 0 aliphatic carbocycles. The van der Waals surface area contributed by atoms with Gasteiger partial charge in [0.15, 0.2) is 0 Å². The minimum Gasteiger partial charge on any atom is -0.481 e. The van der Waals surface area contributed by atoms with Crippen molar-refractivity contribution in [3.8, 4) is 0 Å². The largest absolute Gasteiger partial charge is 0.481 e. The van der Waals surface area contributed by atoms with Crippen LogP contribution in [0.5, 0.6) is 0 Å². The van der Waals surface area contributed by atoms with E-state index in [2.05, 4.69) is 17.6 Å². The predicted octanol–water partition coefficient (Wildman–Crippen LogP) is 3.01. The Balaban J connectivity index is 2.63. The number of rotatable bonds is 7. The second-order valence-electron chi connectivity index (χ2n) is 4.71. The molecule has 0 fully saturated rings. The van der Waals surface area contributed by atoms with E-state index >= 15 is 0 Å². The molecular formula is C15H22N2O3. The molecule has 5 heteroatoms. The summed E-state index contributed by atoms with van der Waals surface area (Å²) in [7, 11) is 0. The number of carboxylic acids is 1. The van der Waals surface area contributed by atoms with Crippen LogP contribution < -0.4 is 10.6 Å². The summed E-state index contributed by atoms with van der Waals surface area (Å²) in [6.07, 6.45) is 2.40. The Morgan fingerprint density at radius 2 is 1.95 bits per heavy atom. The van der Waals surface area contributed by atoms with Crippen molar-refractivity contribution in [2.75, 3.05) is 5.32 Å². The Hall–Kier alpha value is -2.04. The summed E-state index contributed by atoms with van der Waals surface area (Å²) in [5, 5.41) is 14.2. The average molecular weight is 278 g/mol. The molecule has 0 saturated heterocycles. The zero-order chi connectivity index (χ0) is 15.0. The van der Waals surface area contributed by atoms with Gasteiger partial charge in [-0.25, -0.2) is 4.79 Å². The van der Waals surface area contributed by atoms with E-state index in [-0.39, 0.29) is 18.5 Å². The highest BCUT2D eigenvalue weighted by Crippen LogP contribution is 2.16. The van der Waals surface area contributed by atoms with Crippen molar-refractivity contribution >= 4 is 17.7 Å². The molecule has 0 aliphatic heterocycles. The van der Waals surface area contributed by atoms with Crippen LogP contribution in [0.2, 0.25) is 0 Å². The molecule has 3 N–H and O–H groups in total. The number of benzene rings is 1. The van der Waals surface area contributed by atoms with Gasteiger partial charge in [0.1, 0.15) is 0 Å². The third kappa shape index (κ3) is 5.30. The van der Waals surface area contributed by atoms with Crippen LogP contribution in [0.3, 0.4) is 0 Å². The monoisotopic (exact) mass is 278 g/mol. The normalized spacial score (nSPS) is 11.7. The fourth-order valence-electron chi connectivity index (χ4n) is 1.98. The van der Waals surface area contributed by atoms with Crippen LogP contribution in [0.25, 0.3) is 0 Å². The minimum absolute atomic E-state index is 0.0689. The molecular weight excluding hydrogens is 256 g/mol. The van der Waals surface area contributed by atoms with E-state index in [1.807, 2.05) is 31.2 Å². The Morgan fingerprint density at radius 1 is 1.25 bits per heavy atom. The van der Waals surface area contributed by atoms with Crippen LogP contribution in [0.1, 0.15) is 38.7 Å². The summed E-state index contributed by atoms with van der Waals surface area (Å²) in [5.41, 5.74) is 1.86. The van der Waals surface area contributed by atoms with Gasteiger partial charge in [-0.2, -0.15) is 0 Å². The number of hydrogen-bond acceptors (Lipinski definition) is 2. The molecule has 0 aliphatic rings. The third-order valence-corrected chi connectivity index (χ3v) is 3.03. The maximum absolute atomic E-state index is 11.9. The first kappa shape index (κ1) is 16.0. The summed E-state index contributed by atoms with van der Waals surface area (Å²) < 4.78 is 0. The molecule has 0 aromatic heterocycles. The summed E-state index contributed by atoms with van der Waals surface area (Å²) in [5.74, 6) is -0.913. The predicted molar refractivity (Wildman–Crippen MR) is 78.9 cm³/mol. The van der Waals surface area contributed by atoms with Gasteiger partial charge in [0.25, 0.3) is 0 Å². The van der Waals surface area contributed by atoms with Crippen molar-refractivity contribution in [1.29, 1.82) is 0 Å². The lowest BCUT2D eigenvalue weighted by atomic mass is 10.1. The van der Waals surface area contributed by atoms with Crippen LogP contribution in [0.4, 0.5) is 10.5 Å². The molecule has 1 aromatic carbocycles. The molecule has 0 spiro atoms. The molecule has 0 saturated carbocycles. The number of nitrogens with one attached hydrogen (secondary N) is 2. The van der Waals surface area contributed by atoms with Crippen LogP contribution >= 0.6 is 0 Å². The van der Waals surface area contributed by atoms with Crippen LogP contribution in [0, 0.1) is 0 Å². The van der Waals surface area contributed by atoms with Crippen LogP contribution in [0.15, 0.2) is 24.3 Å². The Morgan fingerprint density at radius 3 is 2.55 bits per heavy atom. The number of hydrogen-bond donors (Lipinski definition) is 3. The number of carbonyl (C=O) groups is 2. The average Bonchev–Trinajstić information content (AvgIpc) is 2.40. The third-order valence-electron chi connectivity index (χ3n) is 3.03. The van der Waals surface area contributed by atoms with Crippen molar-refractivity contribution in [2.45, 2.75) is 45.6 Å². The van der Waals surface area contributed by atoms with Crippen molar-refractivity contribution in [2.24, 2.45) is 0 Å². The van der Waals surface area contributed by atoms with Gasteiger partial charge in [-0.1, -0.05) is 38.5 Å². The molecule has 0 heterocycles. The lowest BCUT2D eigenvalue weighted by Crippen LogP contribution is -2.39. The van der Waals surface area contributed by atoms with E-state index < -0.39 is 5.97 Å². The van der Waals surface area contributed by atoms with Gasteiger partial charge in [-0.15, -0.1) is 0 Å². The lowest BCUT2D eigenvalue weighted by Gasteiger charge is -2.16. The zero-order valence-electron chi connectivity index (χ0n) is 12.0. The van der Waals surface area contributed by atoms with Crippen LogP contribution in [-0.2, 0) is 11.2 Å². The van der Waals surface area contributed by atoms with E-state index in [0.29, 0.717) is 6.42 Å². The zero-order valence-corrected chi connectivity index (χ0v) is 12.0. The van der Waals surface area contributed by atoms with E-state index in [0.717, 1.165) is 24.1 Å². The number of urea groups is 1. The van der Waals surface area contributed by atoms with E-state index in [1.54, 1.807) is 0 Å². The molecule has 1 rings (SSSR count). The Kier molecular flexibility index (Phi) is 6.56. The standard InChI is InChI=1S/C15H22N2O3/c1-3-7-11-8-5-6-9-13(11)17-15(20)16-12(4-2)10-14(18)19/h5-6,8-9,12H,3-4,7,10H2,1-2H3,(H,18,19)(H2,16,17,20). The Bertz CT molecular complexity index is 460. The number of anilines is 1. The van der Waals surface area contributed by atoms with Gasteiger partial charge >= 0.3 is 12.0 Å².